The lowest BCUT2D eigenvalue weighted by Gasteiger charge is -2.24. The molecule has 12 heteroatoms. The highest BCUT2D eigenvalue weighted by Gasteiger charge is 2.62. The quantitative estimate of drug-likeness (QED) is 0.491. The van der Waals surface area contributed by atoms with Crippen LogP contribution in [0.5, 0.6) is 5.88 Å². The molecule has 2 atom stereocenters. The van der Waals surface area contributed by atoms with E-state index in [1.807, 2.05) is 36.4 Å². The summed E-state index contributed by atoms with van der Waals surface area (Å²) in [5.74, 6) is 5.12. The van der Waals surface area contributed by atoms with E-state index in [9.17, 15) is 20.0 Å². The number of rotatable bonds is 5. The molecule has 2 unspecified atom stereocenters. The van der Waals surface area contributed by atoms with Gasteiger partial charge in [-0.15, -0.1) is 0 Å². The zero-order valence-electron chi connectivity index (χ0n) is 19.1. The third-order valence-corrected chi connectivity index (χ3v) is 6.79. The minimum atomic E-state index is -0.965. The summed E-state index contributed by atoms with van der Waals surface area (Å²) in [5, 5.41) is 21.5. The van der Waals surface area contributed by atoms with Crippen LogP contribution in [-0.4, -0.2) is 39.8 Å². The molecule has 3 heterocycles. The smallest absolute Gasteiger partial charge is 0.412 e. The number of nitrogens with zero attached hydrogens (tertiary/aromatic N) is 4. The molecule has 1 aromatic carbocycles. The SMILES string of the molecule is CC(OC(=O)Nc1c(C#N)nsc1C#Cc1nc2c(o1)N(C)C(C1(C(=O)O)CC1)O2)c1ccccc1. The molecule has 5 rings (SSSR count). The highest BCUT2D eigenvalue weighted by molar-refractivity contribution is 7.07. The molecule has 0 radical (unpaired) electrons. The molecule has 182 valence electrons. The Balaban J connectivity index is 1.31. The highest BCUT2D eigenvalue weighted by atomic mass is 32.1. The van der Waals surface area contributed by atoms with Crippen LogP contribution in [0.4, 0.5) is 16.4 Å². The minimum absolute atomic E-state index is 0.00202. The third kappa shape index (κ3) is 4.08. The normalized spacial score (nSPS) is 17.6. The van der Waals surface area contributed by atoms with Gasteiger partial charge >= 0.3 is 12.1 Å². The standard InChI is InChI=1S/C24H19N5O6S/c1-13(14-6-4-3-5-7-14)33-23(32)27-18-15(12-25)28-36-16(18)8-9-17-26-19-20(34-17)29(2)21(35-19)24(10-11-24)22(30)31/h3-7,13,21H,10-11H2,1-2H3,(H,27,32)(H,30,31). The van der Waals surface area contributed by atoms with Crippen LogP contribution in [0.25, 0.3) is 0 Å². The van der Waals surface area contributed by atoms with E-state index in [0.29, 0.717) is 17.7 Å². The number of carbonyl (C=O) groups excluding carboxylic acids is 1. The molecule has 2 N–H and O–H groups in total. The molecular weight excluding hydrogens is 486 g/mol. The first-order valence-electron chi connectivity index (χ1n) is 10.9. The molecular formula is C24H19N5O6S. The number of hydrogen-bond donors (Lipinski definition) is 2. The van der Waals surface area contributed by atoms with Crippen molar-refractivity contribution in [2.75, 3.05) is 17.3 Å². The van der Waals surface area contributed by atoms with Crippen LogP contribution in [0.2, 0.25) is 0 Å². The van der Waals surface area contributed by atoms with Crippen molar-refractivity contribution in [2.24, 2.45) is 5.41 Å². The van der Waals surface area contributed by atoms with Gasteiger partial charge in [0, 0.05) is 7.05 Å². The van der Waals surface area contributed by atoms with E-state index in [1.165, 1.54) is 0 Å². The molecule has 36 heavy (non-hydrogen) atoms. The van der Waals surface area contributed by atoms with Crippen LogP contribution in [-0.2, 0) is 9.53 Å². The topological polar surface area (TPSA) is 151 Å². The van der Waals surface area contributed by atoms with Gasteiger partial charge in [-0.25, -0.2) is 4.79 Å². The lowest BCUT2D eigenvalue weighted by molar-refractivity contribution is -0.146. The fraction of sp³-hybridized carbons (Fsp3) is 0.292. The number of carbonyl (C=O) groups is 2. The van der Waals surface area contributed by atoms with Crippen molar-refractivity contribution in [3.8, 4) is 23.8 Å². The summed E-state index contributed by atoms with van der Waals surface area (Å²) < 4.78 is 20.9. The number of carboxylic acids is 1. The van der Waals surface area contributed by atoms with Crippen LogP contribution >= 0.6 is 11.5 Å². The molecule has 1 aliphatic carbocycles. The Morgan fingerprint density at radius 2 is 2.08 bits per heavy atom. The van der Waals surface area contributed by atoms with Gasteiger partial charge in [0.2, 0.25) is 0 Å². The van der Waals surface area contributed by atoms with E-state index in [1.54, 1.807) is 18.9 Å². The summed E-state index contributed by atoms with van der Waals surface area (Å²) in [4.78, 5) is 30.2. The van der Waals surface area contributed by atoms with Gasteiger partial charge in [0.05, 0.1) is 0 Å². The zero-order chi connectivity index (χ0) is 25.4. The van der Waals surface area contributed by atoms with E-state index in [0.717, 1.165) is 17.1 Å². The van der Waals surface area contributed by atoms with Crippen molar-refractivity contribution in [1.82, 2.24) is 9.36 Å². The van der Waals surface area contributed by atoms with E-state index < -0.39 is 29.8 Å². The van der Waals surface area contributed by atoms with Crippen molar-refractivity contribution in [3.05, 3.63) is 52.4 Å². The molecule has 0 saturated heterocycles. The predicted molar refractivity (Wildman–Crippen MR) is 126 cm³/mol. The maximum absolute atomic E-state index is 12.5. The van der Waals surface area contributed by atoms with Crippen LogP contribution < -0.4 is 15.0 Å². The Labute approximate surface area is 209 Å². The summed E-state index contributed by atoms with van der Waals surface area (Å²) in [6, 6.07) is 11.1. The second-order valence-electron chi connectivity index (χ2n) is 8.35. The van der Waals surface area contributed by atoms with Crippen LogP contribution in [0, 0.1) is 28.6 Å². The van der Waals surface area contributed by atoms with Crippen LogP contribution in [0.1, 0.15) is 47.9 Å². The summed E-state index contributed by atoms with van der Waals surface area (Å²) in [6.07, 6.45) is -0.927. The van der Waals surface area contributed by atoms with Gasteiger partial charge in [-0.1, -0.05) is 30.3 Å². The lowest BCUT2D eigenvalue weighted by Crippen LogP contribution is -2.43. The Kier molecular flexibility index (Phi) is 5.74. The summed E-state index contributed by atoms with van der Waals surface area (Å²) in [6.45, 7) is 1.74. The number of benzene rings is 1. The number of carboxylic acid groups (broad SMARTS) is 1. The van der Waals surface area contributed by atoms with Gasteiger partial charge in [0.25, 0.3) is 17.7 Å². The number of hydrogen-bond acceptors (Lipinski definition) is 10. The second-order valence-corrected chi connectivity index (χ2v) is 9.13. The number of anilines is 2. The number of amides is 1. The largest absolute Gasteiger partial charge is 0.481 e. The zero-order valence-corrected chi connectivity index (χ0v) is 20.0. The van der Waals surface area contributed by atoms with Gasteiger partial charge in [-0.3, -0.25) is 10.1 Å². The third-order valence-electron chi connectivity index (χ3n) is 6.02. The van der Waals surface area contributed by atoms with Gasteiger partial charge < -0.3 is 23.9 Å². The van der Waals surface area contributed by atoms with Gasteiger partial charge in [0.15, 0.2) is 11.9 Å². The van der Waals surface area contributed by atoms with Gasteiger partial charge in [-0.2, -0.15) is 14.6 Å². The highest BCUT2D eigenvalue weighted by Crippen LogP contribution is 2.55. The number of aliphatic carboxylic acids is 1. The Morgan fingerprint density at radius 1 is 1.33 bits per heavy atom. The Hall–Kier alpha value is -4.55. The van der Waals surface area contributed by atoms with E-state index >= 15 is 0 Å². The number of ether oxygens (including phenoxy) is 2. The second kappa shape index (κ2) is 8.91. The molecule has 1 aliphatic heterocycles. The first-order valence-corrected chi connectivity index (χ1v) is 11.7. The molecule has 1 fully saturated rings. The number of aromatic nitrogens is 2. The average molecular weight is 506 g/mol. The predicted octanol–water partition coefficient (Wildman–Crippen LogP) is 3.73. The van der Waals surface area contributed by atoms with E-state index in [2.05, 4.69) is 26.5 Å². The number of nitrogens with one attached hydrogen (secondary N) is 1. The van der Waals surface area contributed by atoms with Crippen molar-refractivity contribution in [1.29, 1.82) is 5.26 Å². The first kappa shape index (κ1) is 23.2. The van der Waals surface area contributed by atoms with Crippen molar-refractivity contribution < 1.29 is 28.6 Å². The molecule has 3 aromatic rings. The van der Waals surface area contributed by atoms with Crippen LogP contribution in [0.15, 0.2) is 34.7 Å². The Morgan fingerprint density at radius 3 is 2.72 bits per heavy atom. The summed E-state index contributed by atoms with van der Waals surface area (Å²) in [7, 11) is 1.67. The first-order chi connectivity index (χ1) is 17.3. The molecule has 1 amide bonds. The maximum Gasteiger partial charge on any atom is 0.412 e. The van der Waals surface area contributed by atoms with Crippen molar-refractivity contribution in [2.45, 2.75) is 32.1 Å². The maximum atomic E-state index is 12.5. The Bertz CT molecular complexity index is 1440. The molecule has 1 saturated carbocycles. The molecule has 0 bridgehead atoms. The molecule has 2 aliphatic rings. The monoisotopic (exact) mass is 505 g/mol. The van der Waals surface area contributed by atoms with E-state index in [4.69, 9.17) is 13.9 Å². The van der Waals surface area contributed by atoms with Crippen molar-refractivity contribution >= 4 is 35.2 Å². The number of oxazole rings is 1. The summed E-state index contributed by atoms with van der Waals surface area (Å²) >= 11 is 0.931. The lowest BCUT2D eigenvalue weighted by atomic mass is 10.1. The molecule has 2 aromatic heterocycles. The number of nitriles is 1. The molecule has 11 nitrogen and oxygen atoms in total. The van der Waals surface area contributed by atoms with E-state index in [-0.39, 0.29) is 29.0 Å². The average Bonchev–Trinajstić information content (AvgIpc) is 3.31. The minimum Gasteiger partial charge on any atom is -0.481 e. The van der Waals surface area contributed by atoms with Gasteiger partial charge in [0.1, 0.15) is 28.2 Å². The fourth-order valence-electron chi connectivity index (χ4n) is 3.89. The fourth-order valence-corrected chi connectivity index (χ4v) is 4.54. The van der Waals surface area contributed by atoms with Crippen molar-refractivity contribution in [3.63, 3.8) is 0 Å². The number of fused-ring (bicyclic) bond motifs is 1. The summed E-state index contributed by atoms with van der Waals surface area (Å²) in [5.41, 5.74) is -0.0189. The van der Waals surface area contributed by atoms with Crippen LogP contribution in [0.3, 0.4) is 0 Å². The van der Waals surface area contributed by atoms with Gasteiger partial charge in [-0.05, 0) is 48.7 Å². The molecule has 0 spiro atoms.